The van der Waals surface area contributed by atoms with Crippen LogP contribution < -0.4 is 15.2 Å². The monoisotopic (exact) mass is 417 g/mol. The largest absolute Gasteiger partial charge is 0.493 e. The molecule has 2 aliphatic rings. The molecule has 31 heavy (non-hydrogen) atoms. The van der Waals surface area contributed by atoms with Crippen molar-refractivity contribution in [3.8, 4) is 29.7 Å². The van der Waals surface area contributed by atoms with Crippen LogP contribution in [0, 0.1) is 45.3 Å². The van der Waals surface area contributed by atoms with Crippen LogP contribution >= 0.6 is 0 Å². The fourth-order valence-electron chi connectivity index (χ4n) is 4.58. The summed E-state index contributed by atoms with van der Waals surface area (Å²) in [6.07, 6.45) is 2.87. The lowest BCUT2D eigenvalue weighted by atomic mass is 9.58. The molecule has 160 valence electrons. The Bertz CT molecular complexity index is 1020. The number of rotatable bonds is 6. The molecule has 0 saturated carbocycles. The van der Waals surface area contributed by atoms with Crippen molar-refractivity contribution in [1.82, 2.24) is 4.90 Å². The average Bonchev–Trinajstić information content (AvgIpc) is 2.81. The molecule has 7 nitrogen and oxygen atoms in total. The fraction of sp³-hybridized carbons (Fsp3) is 0.458. The Morgan fingerprint density at radius 1 is 1.19 bits per heavy atom. The van der Waals surface area contributed by atoms with E-state index in [0.717, 1.165) is 24.1 Å². The molecule has 0 unspecified atom stereocenters. The maximum atomic E-state index is 10.2. The predicted octanol–water partition coefficient (Wildman–Crippen LogP) is 3.23. The summed E-state index contributed by atoms with van der Waals surface area (Å²) < 4.78 is 11.3. The molecule has 2 N–H and O–H groups in total. The lowest BCUT2D eigenvalue weighted by Crippen LogP contribution is -2.48. The number of hydrogen-bond donors (Lipinski definition) is 1. The van der Waals surface area contributed by atoms with E-state index in [-0.39, 0.29) is 17.2 Å². The Balaban J connectivity index is 2.23. The van der Waals surface area contributed by atoms with Crippen molar-refractivity contribution in [2.45, 2.75) is 26.2 Å². The van der Waals surface area contributed by atoms with Gasteiger partial charge in [-0.3, -0.25) is 4.90 Å². The summed E-state index contributed by atoms with van der Waals surface area (Å²) in [5, 5.41) is 30.2. The van der Waals surface area contributed by atoms with Gasteiger partial charge in [0.05, 0.1) is 37.1 Å². The van der Waals surface area contributed by atoms with Crippen molar-refractivity contribution in [2.24, 2.45) is 17.1 Å². The Morgan fingerprint density at radius 2 is 1.94 bits per heavy atom. The maximum Gasteiger partial charge on any atom is 0.191 e. The van der Waals surface area contributed by atoms with E-state index in [1.165, 1.54) is 0 Å². The van der Waals surface area contributed by atoms with E-state index in [2.05, 4.69) is 30.0 Å². The van der Waals surface area contributed by atoms with E-state index in [9.17, 15) is 15.8 Å². The van der Waals surface area contributed by atoms with Crippen LogP contribution in [-0.2, 0) is 0 Å². The first kappa shape index (κ1) is 22.2. The summed E-state index contributed by atoms with van der Waals surface area (Å²) >= 11 is 0. The van der Waals surface area contributed by atoms with Crippen molar-refractivity contribution in [3.05, 3.63) is 46.7 Å². The molecule has 1 aliphatic heterocycles. The first-order valence-electron chi connectivity index (χ1n) is 10.5. The smallest absolute Gasteiger partial charge is 0.191 e. The Morgan fingerprint density at radius 3 is 2.52 bits per heavy atom. The number of nitriles is 3. The summed E-state index contributed by atoms with van der Waals surface area (Å²) in [4.78, 5) is 2.23. The SMILES string of the molecule is CCCOc1ccc([C@H]2[C@H]3CN(CC)CC=C3C(C#N)=C(N)C2(C#N)C#N)cc1OC. The average molecular weight is 418 g/mol. The molecule has 1 aliphatic carbocycles. The van der Waals surface area contributed by atoms with E-state index >= 15 is 0 Å². The highest BCUT2D eigenvalue weighted by Crippen LogP contribution is 2.54. The van der Waals surface area contributed by atoms with E-state index in [4.69, 9.17) is 15.2 Å². The van der Waals surface area contributed by atoms with Crippen molar-refractivity contribution < 1.29 is 9.47 Å². The molecule has 7 heteroatoms. The van der Waals surface area contributed by atoms with Crippen molar-refractivity contribution in [1.29, 1.82) is 15.8 Å². The van der Waals surface area contributed by atoms with Gasteiger partial charge in [0.15, 0.2) is 16.9 Å². The highest BCUT2D eigenvalue weighted by atomic mass is 16.5. The summed E-state index contributed by atoms with van der Waals surface area (Å²) in [7, 11) is 1.56. The molecular formula is C24H27N5O2. The van der Waals surface area contributed by atoms with Crippen LogP contribution in [0.1, 0.15) is 31.7 Å². The number of ether oxygens (including phenoxy) is 2. The molecule has 0 aromatic heterocycles. The van der Waals surface area contributed by atoms with Gasteiger partial charge in [-0.15, -0.1) is 0 Å². The van der Waals surface area contributed by atoms with Gasteiger partial charge in [-0.2, -0.15) is 15.8 Å². The maximum absolute atomic E-state index is 10.2. The molecule has 1 aromatic rings. The molecule has 2 atom stereocenters. The third-order valence-corrected chi connectivity index (χ3v) is 6.20. The third-order valence-electron chi connectivity index (χ3n) is 6.20. The molecular weight excluding hydrogens is 390 g/mol. The molecule has 0 bridgehead atoms. The molecule has 0 amide bonds. The Labute approximate surface area is 183 Å². The van der Waals surface area contributed by atoms with Crippen LogP contribution in [-0.4, -0.2) is 38.3 Å². The van der Waals surface area contributed by atoms with Gasteiger partial charge < -0.3 is 15.2 Å². The second-order valence-corrected chi connectivity index (χ2v) is 7.79. The van der Waals surface area contributed by atoms with Gasteiger partial charge in [0.2, 0.25) is 0 Å². The quantitative estimate of drug-likeness (QED) is 0.754. The number of methoxy groups -OCH3 is 1. The number of allylic oxidation sites excluding steroid dienone is 2. The minimum absolute atomic E-state index is 0.0303. The van der Waals surface area contributed by atoms with Gasteiger partial charge in [-0.05, 0) is 36.2 Å². The van der Waals surface area contributed by atoms with Crippen molar-refractivity contribution in [2.75, 3.05) is 33.4 Å². The van der Waals surface area contributed by atoms with Gasteiger partial charge >= 0.3 is 0 Å². The Hall–Kier alpha value is -3.47. The lowest BCUT2D eigenvalue weighted by Gasteiger charge is -2.45. The van der Waals surface area contributed by atoms with E-state index in [0.29, 0.717) is 31.2 Å². The van der Waals surface area contributed by atoms with Crippen molar-refractivity contribution in [3.63, 3.8) is 0 Å². The third kappa shape index (κ3) is 3.61. The number of benzene rings is 1. The second-order valence-electron chi connectivity index (χ2n) is 7.79. The van der Waals surface area contributed by atoms with Crippen LogP contribution in [0.2, 0.25) is 0 Å². The summed E-state index contributed by atoms with van der Waals surface area (Å²) in [6.45, 7) is 6.81. The van der Waals surface area contributed by atoms with Crippen LogP contribution in [0.25, 0.3) is 0 Å². The van der Waals surface area contributed by atoms with Gasteiger partial charge in [-0.1, -0.05) is 26.0 Å². The van der Waals surface area contributed by atoms with Gasteiger partial charge in [-0.25, -0.2) is 0 Å². The molecule has 0 spiro atoms. The molecule has 3 rings (SSSR count). The number of hydrogen-bond acceptors (Lipinski definition) is 7. The molecule has 0 saturated heterocycles. The summed E-state index contributed by atoms with van der Waals surface area (Å²) in [5.41, 5.74) is 6.58. The lowest BCUT2D eigenvalue weighted by molar-refractivity contribution is 0.214. The highest BCUT2D eigenvalue weighted by Gasteiger charge is 2.54. The van der Waals surface area contributed by atoms with Gasteiger partial charge in [0, 0.05) is 24.9 Å². The van der Waals surface area contributed by atoms with E-state index in [1.54, 1.807) is 7.11 Å². The Kier molecular flexibility index (Phi) is 6.54. The molecule has 0 fully saturated rings. The number of fused-ring (bicyclic) bond motifs is 1. The highest BCUT2D eigenvalue weighted by molar-refractivity contribution is 5.60. The van der Waals surface area contributed by atoms with Crippen LogP contribution in [0.3, 0.4) is 0 Å². The number of nitrogens with zero attached hydrogens (tertiary/aromatic N) is 4. The zero-order valence-electron chi connectivity index (χ0n) is 18.2. The first-order valence-corrected chi connectivity index (χ1v) is 10.5. The zero-order valence-corrected chi connectivity index (χ0v) is 18.2. The molecule has 0 radical (unpaired) electrons. The van der Waals surface area contributed by atoms with Gasteiger partial charge in [0.25, 0.3) is 0 Å². The van der Waals surface area contributed by atoms with Crippen LogP contribution in [0.4, 0.5) is 0 Å². The minimum Gasteiger partial charge on any atom is -0.493 e. The minimum atomic E-state index is -1.65. The van der Waals surface area contributed by atoms with E-state index < -0.39 is 11.3 Å². The molecule has 1 heterocycles. The predicted molar refractivity (Wildman–Crippen MR) is 116 cm³/mol. The number of nitrogens with two attached hydrogens (primary N) is 1. The zero-order chi connectivity index (χ0) is 22.6. The molecule has 1 aromatic carbocycles. The summed E-state index contributed by atoms with van der Waals surface area (Å²) in [6, 6.07) is 12.0. The normalized spacial score (nSPS) is 22.4. The van der Waals surface area contributed by atoms with Crippen LogP contribution in [0.15, 0.2) is 41.1 Å². The second kappa shape index (κ2) is 9.13. The standard InChI is InChI=1S/C24H27N5O2/c1-4-10-31-20-7-6-16(11-21(20)30-3)22-19-13-29(5-2)9-8-17(19)18(12-25)23(28)24(22,14-26)15-27/h6-8,11,19,22H,4-5,9-10,13,28H2,1-3H3/t19-,22-/m0/s1. The van der Waals surface area contributed by atoms with Crippen LogP contribution in [0.5, 0.6) is 11.5 Å². The first-order chi connectivity index (χ1) is 15.0. The van der Waals surface area contributed by atoms with Crippen molar-refractivity contribution >= 4 is 0 Å². The summed E-state index contributed by atoms with van der Waals surface area (Å²) in [5.74, 6) is 0.383. The number of likely N-dealkylation sites (N-methyl/N-ethyl adjacent to an activating group) is 1. The van der Waals surface area contributed by atoms with E-state index in [1.807, 2.05) is 31.2 Å². The topological polar surface area (TPSA) is 119 Å². The van der Waals surface area contributed by atoms with Gasteiger partial charge in [0.1, 0.15) is 6.07 Å². The fourth-order valence-corrected chi connectivity index (χ4v) is 4.58.